The van der Waals surface area contributed by atoms with Crippen LogP contribution in [0.4, 0.5) is 0 Å². The number of thiophene rings is 1. The van der Waals surface area contributed by atoms with Crippen LogP contribution in [-0.4, -0.2) is 33.0 Å². The van der Waals surface area contributed by atoms with Crippen molar-refractivity contribution in [1.29, 1.82) is 0 Å². The molecule has 0 saturated carbocycles. The Hall–Kier alpha value is -1.21. The Balaban J connectivity index is 1.43. The fraction of sp³-hybridized carbons (Fsp3) is 0.474. The molecular formula is C19H26N2O2S2. The number of hydrogen-bond donors (Lipinski definition) is 1. The highest BCUT2D eigenvalue weighted by Gasteiger charge is 2.21. The van der Waals surface area contributed by atoms with Gasteiger partial charge in [0.1, 0.15) is 0 Å². The zero-order chi connectivity index (χ0) is 17.7. The van der Waals surface area contributed by atoms with E-state index in [9.17, 15) is 8.42 Å². The molecule has 1 saturated heterocycles. The largest absolute Gasteiger partial charge is 0.298 e. The molecule has 1 fully saturated rings. The Morgan fingerprint density at radius 2 is 2.00 bits per heavy atom. The molecule has 1 aromatic heterocycles. The topological polar surface area (TPSA) is 49.4 Å². The van der Waals surface area contributed by atoms with E-state index in [1.54, 1.807) is 11.3 Å². The lowest BCUT2D eigenvalue weighted by Gasteiger charge is -2.31. The quantitative estimate of drug-likeness (QED) is 0.803. The maximum Gasteiger partial charge on any atom is 0.215 e. The van der Waals surface area contributed by atoms with E-state index < -0.39 is 10.0 Å². The van der Waals surface area contributed by atoms with E-state index in [1.807, 2.05) is 31.2 Å². The van der Waals surface area contributed by atoms with Crippen molar-refractivity contribution in [2.24, 2.45) is 5.92 Å². The van der Waals surface area contributed by atoms with Crippen LogP contribution in [0.25, 0.3) is 0 Å². The first-order valence-corrected chi connectivity index (χ1v) is 11.3. The van der Waals surface area contributed by atoms with Crippen LogP contribution in [0.1, 0.15) is 28.8 Å². The summed E-state index contributed by atoms with van der Waals surface area (Å²) in [6.45, 7) is 5.64. The van der Waals surface area contributed by atoms with Crippen LogP contribution in [0.5, 0.6) is 0 Å². The lowest BCUT2D eigenvalue weighted by molar-refractivity contribution is 0.180. The van der Waals surface area contributed by atoms with E-state index in [0.717, 1.165) is 43.6 Å². The second kappa shape index (κ2) is 8.45. The molecule has 0 aliphatic carbocycles. The molecule has 2 aromatic rings. The van der Waals surface area contributed by atoms with Crippen molar-refractivity contribution >= 4 is 21.4 Å². The predicted octanol–water partition coefficient (Wildman–Crippen LogP) is 3.39. The Bertz CT molecular complexity index is 764. The third-order valence-corrected chi connectivity index (χ3v) is 6.88. The van der Waals surface area contributed by atoms with E-state index in [2.05, 4.69) is 27.1 Å². The molecule has 0 amide bonds. The van der Waals surface area contributed by atoms with E-state index in [-0.39, 0.29) is 5.75 Å². The summed E-state index contributed by atoms with van der Waals surface area (Å²) in [6, 6.07) is 12.0. The van der Waals surface area contributed by atoms with Gasteiger partial charge in [0.15, 0.2) is 0 Å². The lowest BCUT2D eigenvalue weighted by atomic mass is 9.97. The molecule has 136 valence electrons. The molecule has 25 heavy (non-hydrogen) atoms. The highest BCUT2D eigenvalue weighted by molar-refractivity contribution is 7.88. The summed E-state index contributed by atoms with van der Waals surface area (Å²) >= 11 is 1.80. The molecule has 0 spiro atoms. The first kappa shape index (κ1) is 18.6. The van der Waals surface area contributed by atoms with Gasteiger partial charge in [-0.15, -0.1) is 11.3 Å². The van der Waals surface area contributed by atoms with E-state index in [1.165, 1.54) is 4.88 Å². The summed E-state index contributed by atoms with van der Waals surface area (Å²) in [5, 5.41) is 2.12. The Labute approximate surface area is 154 Å². The van der Waals surface area contributed by atoms with E-state index in [0.29, 0.717) is 12.5 Å². The van der Waals surface area contributed by atoms with Gasteiger partial charge in [0, 0.05) is 18.0 Å². The van der Waals surface area contributed by atoms with Crippen LogP contribution in [0, 0.1) is 12.8 Å². The van der Waals surface area contributed by atoms with Gasteiger partial charge in [-0.3, -0.25) is 4.90 Å². The molecule has 6 heteroatoms. The minimum Gasteiger partial charge on any atom is -0.298 e. The number of piperidine rings is 1. The third-order valence-electron chi connectivity index (χ3n) is 4.70. The fourth-order valence-electron chi connectivity index (χ4n) is 3.29. The second-order valence-corrected chi connectivity index (χ2v) is 9.73. The standard InChI is InChI=1S/C19H26N2O2S2/c1-16-4-2-5-18(12-16)15-25(22,23)20-13-17-7-9-21(10-8-17)14-19-6-3-11-24-19/h2-6,11-12,17,20H,7-10,13-15H2,1H3. The Morgan fingerprint density at radius 3 is 2.68 bits per heavy atom. The maximum absolute atomic E-state index is 12.3. The molecule has 0 atom stereocenters. The molecular weight excluding hydrogens is 352 g/mol. The zero-order valence-corrected chi connectivity index (χ0v) is 16.3. The van der Waals surface area contributed by atoms with Crippen molar-refractivity contribution in [1.82, 2.24) is 9.62 Å². The summed E-state index contributed by atoms with van der Waals surface area (Å²) in [5.74, 6) is 0.498. The zero-order valence-electron chi connectivity index (χ0n) is 14.6. The molecule has 2 heterocycles. The number of benzene rings is 1. The number of nitrogens with one attached hydrogen (secondary N) is 1. The van der Waals surface area contributed by atoms with Crippen molar-refractivity contribution < 1.29 is 8.42 Å². The number of rotatable bonds is 7. The minimum absolute atomic E-state index is 0.0614. The van der Waals surface area contributed by atoms with Crippen molar-refractivity contribution in [2.75, 3.05) is 19.6 Å². The fourth-order valence-corrected chi connectivity index (χ4v) is 5.25. The molecule has 1 aliphatic heterocycles. The average Bonchev–Trinajstić information content (AvgIpc) is 3.07. The number of hydrogen-bond acceptors (Lipinski definition) is 4. The average molecular weight is 379 g/mol. The van der Waals surface area contributed by atoms with Gasteiger partial charge in [-0.1, -0.05) is 35.9 Å². The van der Waals surface area contributed by atoms with Gasteiger partial charge >= 0.3 is 0 Å². The highest BCUT2D eigenvalue weighted by Crippen LogP contribution is 2.20. The van der Waals surface area contributed by atoms with Gasteiger partial charge in [0.2, 0.25) is 10.0 Å². The number of likely N-dealkylation sites (tertiary alicyclic amines) is 1. The summed E-state index contributed by atoms with van der Waals surface area (Å²) < 4.78 is 27.4. The number of aryl methyl sites for hydroxylation is 1. The van der Waals surface area contributed by atoms with Crippen molar-refractivity contribution in [2.45, 2.75) is 32.1 Å². The molecule has 1 N–H and O–H groups in total. The van der Waals surface area contributed by atoms with Crippen LogP contribution in [-0.2, 0) is 22.3 Å². The maximum atomic E-state index is 12.3. The van der Waals surface area contributed by atoms with E-state index >= 15 is 0 Å². The normalized spacial score (nSPS) is 17.0. The smallest absolute Gasteiger partial charge is 0.215 e. The first-order chi connectivity index (χ1) is 12.0. The number of sulfonamides is 1. The molecule has 3 rings (SSSR count). The summed E-state index contributed by atoms with van der Waals surface area (Å²) in [5.41, 5.74) is 1.93. The van der Waals surface area contributed by atoms with Crippen molar-refractivity contribution in [3.05, 3.63) is 57.8 Å². The van der Waals surface area contributed by atoms with Crippen LogP contribution in [0.15, 0.2) is 41.8 Å². The molecule has 1 aromatic carbocycles. The number of nitrogens with zero attached hydrogens (tertiary/aromatic N) is 1. The van der Waals surface area contributed by atoms with Crippen LogP contribution in [0.3, 0.4) is 0 Å². The van der Waals surface area contributed by atoms with Crippen LogP contribution in [0.2, 0.25) is 0 Å². The molecule has 4 nitrogen and oxygen atoms in total. The summed E-state index contributed by atoms with van der Waals surface area (Å²) in [6.07, 6.45) is 2.11. The summed E-state index contributed by atoms with van der Waals surface area (Å²) in [7, 11) is -3.27. The van der Waals surface area contributed by atoms with Gasteiger partial charge in [0.25, 0.3) is 0 Å². The predicted molar refractivity (Wildman–Crippen MR) is 104 cm³/mol. The first-order valence-electron chi connectivity index (χ1n) is 8.78. The van der Waals surface area contributed by atoms with Crippen molar-refractivity contribution in [3.63, 3.8) is 0 Å². The van der Waals surface area contributed by atoms with Crippen molar-refractivity contribution in [3.8, 4) is 0 Å². The third kappa shape index (κ3) is 5.92. The molecule has 1 aliphatic rings. The van der Waals surface area contributed by atoms with Crippen LogP contribution < -0.4 is 4.72 Å². The minimum atomic E-state index is -3.27. The van der Waals surface area contributed by atoms with Gasteiger partial charge in [-0.25, -0.2) is 13.1 Å². The SMILES string of the molecule is Cc1cccc(CS(=O)(=O)NCC2CCN(Cc3cccs3)CC2)c1. The second-order valence-electron chi connectivity index (χ2n) is 6.90. The molecule has 0 bridgehead atoms. The Morgan fingerprint density at radius 1 is 1.20 bits per heavy atom. The molecule has 0 unspecified atom stereocenters. The monoisotopic (exact) mass is 378 g/mol. The van der Waals surface area contributed by atoms with Gasteiger partial charge < -0.3 is 0 Å². The van der Waals surface area contributed by atoms with Gasteiger partial charge in [-0.2, -0.15) is 0 Å². The van der Waals surface area contributed by atoms with Gasteiger partial charge in [-0.05, 0) is 55.8 Å². The summed E-state index contributed by atoms with van der Waals surface area (Å²) in [4.78, 5) is 3.86. The lowest BCUT2D eigenvalue weighted by Crippen LogP contribution is -2.38. The van der Waals surface area contributed by atoms with Gasteiger partial charge in [0.05, 0.1) is 5.75 Å². The molecule has 0 radical (unpaired) electrons. The van der Waals surface area contributed by atoms with Crippen LogP contribution >= 0.6 is 11.3 Å². The Kier molecular flexibility index (Phi) is 6.28. The van der Waals surface area contributed by atoms with E-state index in [4.69, 9.17) is 0 Å². The highest BCUT2D eigenvalue weighted by atomic mass is 32.2.